The number of carbonyl (C=O) groups is 1. The summed E-state index contributed by atoms with van der Waals surface area (Å²) < 4.78 is 0. The van der Waals surface area contributed by atoms with Crippen LogP contribution >= 0.6 is 12.4 Å². The minimum atomic E-state index is 0. The van der Waals surface area contributed by atoms with E-state index in [9.17, 15) is 4.79 Å². The highest BCUT2D eigenvalue weighted by Crippen LogP contribution is 2.19. The lowest BCUT2D eigenvalue weighted by atomic mass is 10.1. The number of rotatable bonds is 3. The van der Waals surface area contributed by atoms with Crippen molar-refractivity contribution < 1.29 is 4.79 Å². The molecule has 1 aliphatic carbocycles. The van der Waals surface area contributed by atoms with Gasteiger partial charge >= 0.3 is 0 Å². The molecule has 0 spiro atoms. The standard InChI is InChI=1S/C8H14N2O.ClH/c11-8-3-6(5-10-8)4-9-7-1-2-7;/h6-7,9H,1-5H2,(H,10,11);1H. The van der Waals surface area contributed by atoms with Gasteiger partial charge in [-0.25, -0.2) is 0 Å². The van der Waals surface area contributed by atoms with Crippen molar-refractivity contribution in [2.75, 3.05) is 13.1 Å². The van der Waals surface area contributed by atoms with Crippen LogP contribution in [0.3, 0.4) is 0 Å². The highest BCUT2D eigenvalue weighted by molar-refractivity contribution is 5.85. The molecule has 12 heavy (non-hydrogen) atoms. The van der Waals surface area contributed by atoms with Crippen molar-refractivity contribution in [3.63, 3.8) is 0 Å². The first-order valence-electron chi connectivity index (χ1n) is 4.34. The predicted octanol–water partition coefficient (Wildman–Crippen LogP) is 0.296. The van der Waals surface area contributed by atoms with Crippen LogP contribution in [0.4, 0.5) is 0 Å². The van der Waals surface area contributed by atoms with Crippen molar-refractivity contribution in [1.29, 1.82) is 0 Å². The van der Waals surface area contributed by atoms with Crippen LogP contribution in [0.15, 0.2) is 0 Å². The Morgan fingerprint density at radius 1 is 1.50 bits per heavy atom. The average Bonchev–Trinajstić information content (AvgIpc) is 2.72. The first-order chi connectivity index (χ1) is 5.34. The Hall–Kier alpha value is -0.280. The number of amides is 1. The molecule has 2 rings (SSSR count). The predicted molar refractivity (Wildman–Crippen MR) is 49.4 cm³/mol. The molecule has 0 bridgehead atoms. The second-order valence-corrected chi connectivity index (χ2v) is 3.56. The molecule has 0 radical (unpaired) electrons. The zero-order valence-corrected chi connectivity index (χ0v) is 7.82. The fourth-order valence-corrected chi connectivity index (χ4v) is 1.43. The Bertz CT molecular complexity index is 170. The van der Waals surface area contributed by atoms with E-state index in [4.69, 9.17) is 0 Å². The smallest absolute Gasteiger partial charge is 0.220 e. The molecule has 70 valence electrons. The van der Waals surface area contributed by atoms with Crippen LogP contribution in [0.2, 0.25) is 0 Å². The van der Waals surface area contributed by atoms with Crippen LogP contribution in [0, 0.1) is 5.92 Å². The van der Waals surface area contributed by atoms with Gasteiger partial charge < -0.3 is 10.6 Å². The summed E-state index contributed by atoms with van der Waals surface area (Å²) in [6.45, 7) is 1.89. The highest BCUT2D eigenvalue weighted by atomic mass is 35.5. The molecule has 1 amide bonds. The maximum Gasteiger partial charge on any atom is 0.220 e. The molecule has 1 saturated carbocycles. The molecule has 3 nitrogen and oxygen atoms in total. The van der Waals surface area contributed by atoms with Crippen LogP contribution in [0.5, 0.6) is 0 Å². The molecule has 0 aromatic heterocycles. The van der Waals surface area contributed by atoms with Crippen molar-refractivity contribution in [3.05, 3.63) is 0 Å². The molecule has 0 aromatic carbocycles. The van der Waals surface area contributed by atoms with Gasteiger partial charge in [0.15, 0.2) is 0 Å². The Morgan fingerprint density at radius 3 is 2.75 bits per heavy atom. The third kappa shape index (κ3) is 2.64. The number of hydrogen-bond acceptors (Lipinski definition) is 2. The van der Waals surface area contributed by atoms with Crippen LogP contribution in [-0.4, -0.2) is 25.0 Å². The molecule has 1 saturated heterocycles. The second-order valence-electron chi connectivity index (χ2n) is 3.56. The van der Waals surface area contributed by atoms with Gasteiger partial charge in [-0.2, -0.15) is 0 Å². The number of hydrogen-bond donors (Lipinski definition) is 2. The molecule has 2 aliphatic rings. The maximum absolute atomic E-state index is 10.8. The number of nitrogens with one attached hydrogen (secondary N) is 2. The number of halogens is 1. The molecule has 4 heteroatoms. The van der Waals surface area contributed by atoms with Crippen molar-refractivity contribution in [2.45, 2.75) is 25.3 Å². The largest absolute Gasteiger partial charge is 0.356 e. The van der Waals surface area contributed by atoms with Gasteiger partial charge in [0.05, 0.1) is 0 Å². The third-order valence-electron chi connectivity index (χ3n) is 2.33. The second kappa shape index (κ2) is 4.10. The average molecular weight is 191 g/mol. The molecular weight excluding hydrogens is 176 g/mol. The fourth-order valence-electron chi connectivity index (χ4n) is 1.43. The SMILES string of the molecule is Cl.O=C1CC(CNC2CC2)CN1. The van der Waals surface area contributed by atoms with Gasteiger partial charge in [-0.3, -0.25) is 4.79 Å². The van der Waals surface area contributed by atoms with E-state index >= 15 is 0 Å². The summed E-state index contributed by atoms with van der Waals surface area (Å²) >= 11 is 0. The van der Waals surface area contributed by atoms with Crippen molar-refractivity contribution in [3.8, 4) is 0 Å². The van der Waals surface area contributed by atoms with Gasteiger partial charge in [-0.1, -0.05) is 0 Å². The summed E-state index contributed by atoms with van der Waals surface area (Å²) in [7, 11) is 0. The fraction of sp³-hybridized carbons (Fsp3) is 0.875. The number of carbonyl (C=O) groups excluding carboxylic acids is 1. The van der Waals surface area contributed by atoms with Crippen molar-refractivity contribution in [2.24, 2.45) is 5.92 Å². The van der Waals surface area contributed by atoms with Gasteiger partial charge in [0.25, 0.3) is 0 Å². The first-order valence-corrected chi connectivity index (χ1v) is 4.34. The van der Waals surface area contributed by atoms with E-state index in [-0.39, 0.29) is 18.3 Å². The van der Waals surface area contributed by atoms with E-state index in [0.29, 0.717) is 5.92 Å². The molecule has 2 fully saturated rings. The zero-order valence-electron chi connectivity index (χ0n) is 7.01. The first kappa shape index (κ1) is 9.81. The van der Waals surface area contributed by atoms with E-state index in [1.807, 2.05) is 0 Å². The summed E-state index contributed by atoms with van der Waals surface area (Å²) in [6.07, 6.45) is 3.38. The monoisotopic (exact) mass is 190 g/mol. The maximum atomic E-state index is 10.8. The van der Waals surface area contributed by atoms with E-state index in [1.165, 1.54) is 12.8 Å². The van der Waals surface area contributed by atoms with Crippen molar-refractivity contribution >= 4 is 18.3 Å². The summed E-state index contributed by atoms with van der Waals surface area (Å²) in [4.78, 5) is 10.8. The van der Waals surface area contributed by atoms with E-state index in [2.05, 4.69) is 10.6 Å². The lowest BCUT2D eigenvalue weighted by Gasteiger charge is -2.06. The Balaban J connectivity index is 0.000000720. The Kier molecular flexibility index (Phi) is 3.35. The molecule has 1 unspecified atom stereocenters. The quantitative estimate of drug-likeness (QED) is 0.672. The van der Waals surface area contributed by atoms with Crippen LogP contribution in [0.25, 0.3) is 0 Å². The molecule has 1 heterocycles. The summed E-state index contributed by atoms with van der Waals surface area (Å²) in [5.41, 5.74) is 0. The molecule has 1 aliphatic heterocycles. The van der Waals surface area contributed by atoms with Crippen LogP contribution in [0.1, 0.15) is 19.3 Å². The summed E-state index contributed by atoms with van der Waals surface area (Å²) in [5.74, 6) is 0.760. The minimum absolute atomic E-state index is 0. The lowest BCUT2D eigenvalue weighted by molar-refractivity contribution is -0.119. The van der Waals surface area contributed by atoms with Crippen molar-refractivity contribution in [1.82, 2.24) is 10.6 Å². The molecule has 0 aromatic rings. The molecular formula is C8H15ClN2O. The van der Waals surface area contributed by atoms with Crippen LogP contribution < -0.4 is 10.6 Å². The van der Waals surface area contributed by atoms with E-state index in [0.717, 1.165) is 25.6 Å². The van der Waals surface area contributed by atoms with Gasteiger partial charge in [0.2, 0.25) is 5.91 Å². The van der Waals surface area contributed by atoms with E-state index in [1.54, 1.807) is 0 Å². The molecule has 2 N–H and O–H groups in total. The lowest BCUT2D eigenvalue weighted by Crippen LogP contribution is -2.25. The van der Waals surface area contributed by atoms with E-state index < -0.39 is 0 Å². The van der Waals surface area contributed by atoms with Gasteiger partial charge in [0.1, 0.15) is 0 Å². The minimum Gasteiger partial charge on any atom is -0.356 e. The van der Waals surface area contributed by atoms with Gasteiger partial charge in [-0.05, 0) is 18.8 Å². The van der Waals surface area contributed by atoms with Gasteiger partial charge in [0, 0.05) is 25.6 Å². The third-order valence-corrected chi connectivity index (χ3v) is 2.33. The van der Waals surface area contributed by atoms with Gasteiger partial charge in [-0.15, -0.1) is 12.4 Å². The summed E-state index contributed by atoms with van der Waals surface area (Å²) in [6, 6.07) is 0.769. The summed E-state index contributed by atoms with van der Waals surface area (Å²) in [5, 5.41) is 6.26. The normalized spacial score (nSPS) is 28.0. The zero-order chi connectivity index (χ0) is 7.68. The Morgan fingerprint density at radius 2 is 2.25 bits per heavy atom. The molecule has 1 atom stereocenters. The highest BCUT2D eigenvalue weighted by Gasteiger charge is 2.25. The Labute approximate surface area is 78.7 Å². The van der Waals surface area contributed by atoms with Crippen LogP contribution in [-0.2, 0) is 4.79 Å². The topological polar surface area (TPSA) is 41.1 Å².